The van der Waals surface area contributed by atoms with Gasteiger partial charge in [0.05, 0.1) is 0 Å². The molecular weight excluding hydrogens is 320 g/mol. The highest BCUT2D eigenvalue weighted by Gasteiger charge is 2.09. The number of carboxylic acid groups (broad SMARTS) is 1. The van der Waals surface area contributed by atoms with Crippen LogP contribution in [0.2, 0.25) is 0 Å². The van der Waals surface area contributed by atoms with Crippen molar-refractivity contribution >= 4 is 17.1 Å². The van der Waals surface area contributed by atoms with E-state index < -0.39 is 5.97 Å². The number of benzene rings is 2. The summed E-state index contributed by atoms with van der Waals surface area (Å²) >= 11 is 0. The van der Waals surface area contributed by atoms with Crippen LogP contribution in [0.5, 0.6) is 5.75 Å². The Bertz CT molecular complexity index is 811. The number of fused-ring (bicyclic) bond motifs is 1. The smallest absolute Gasteiger partial charge is 0.339 e. The van der Waals surface area contributed by atoms with Gasteiger partial charge in [0.2, 0.25) is 0 Å². The fraction of sp³-hybridized carbons (Fsp3) is 0.263. The van der Waals surface area contributed by atoms with Crippen molar-refractivity contribution in [3.63, 3.8) is 0 Å². The molecule has 2 N–H and O–H groups in total. The number of aromatic carboxylic acids is 1. The number of hydrogen-bond acceptors (Lipinski definition) is 5. The predicted molar refractivity (Wildman–Crippen MR) is 94.1 cm³/mol. The van der Waals surface area contributed by atoms with Crippen molar-refractivity contribution in [2.75, 3.05) is 19.7 Å². The summed E-state index contributed by atoms with van der Waals surface area (Å²) in [5.41, 5.74) is 1.88. The quantitative estimate of drug-likeness (QED) is 0.582. The van der Waals surface area contributed by atoms with Gasteiger partial charge in [-0.3, -0.25) is 0 Å². The summed E-state index contributed by atoms with van der Waals surface area (Å²) in [6.07, 6.45) is 1.67. The lowest BCUT2D eigenvalue weighted by Crippen LogP contribution is -2.22. The molecule has 0 radical (unpaired) electrons. The second-order valence-corrected chi connectivity index (χ2v) is 5.58. The van der Waals surface area contributed by atoms with Crippen molar-refractivity contribution < 1.29 is 19.1 Å². The summed E-state index contributed by atoms with van der Waals surface area (Å²) in [6.45, 7) is 1.86. The number of hydrogen-bond donors (Lipinski definition) is 2. The van der Waals surface area contributed by atoms with Gasteiger partial charge in [0.15, 0.2) is 11.5 Å². The van der Waals surface area contributed by atoms with E-state index in [4.69, 9.17) is 14.3 Å². The lowest BCUT2D eigenvalue weighted by Gasteiger charge is -2.09. The van der Waals surface area contributed by atoms with E-state index >= 15 is 0 Å². The van der Waals surface area contributed by atoms with Gasteiger partial charge in [0.1, 0.15) is 23.4 Å². The standard InChI is InChI=1S/C19H20N2O4/c22-19(23)14-6-1-3-8-16(14)24-13-12-20-11-5-10-18-21-15-7-2-4-9-17(15)25-18/h1-4,6-9,20H,5,10-13H2,(H,22,23). The van der Waals surface area contributed by atoms with E-state index in [-0.39, 0.29) is 5.56 Å². The van der Waals surface area contributed by atoms with Crippen molar-refractivity contribution in [2.24, 2.45) is 0 Å². The molecule has 25 heavy (non-hydrogen) atoms. The normalized spacial score (nSPS) is 10.9. The third kappa shape index (κ3) is 4.58. The number of nitrogens with zero attached hydrogens (tertiary/aromatic N) is 1. The highest BCUT2D eigenvalue weighted by Crippen LogP contribution is 2.17. The molecule has 3 aromatic rings. The van der Waals surface area contributed by atoms with E-state index in [9.17, 15) is 4.79 Å². The van der Waals surface area contributed by atoms with Gasteiger partial charge < -0.3 is 19.6 Å². The van der Waals surface area contributed by atoms with Crippen molar-refractivity contribution in [1.82, 2.24) is 10.3 Å². The molecule has 0 saturated carbocycles. The lowest BCUT2D eigenvalue weighted by atomic mass is 10.2. The highest BCUT2D eigenvalue weighted by atomic mass is 16.5. The first-order valence-electron chi connectivity index (χ1n) is 8.24. The molecule has 2 aromatic carbocycles. The third-order valence-corrected chi connectivity index (χ3v) is 3.74. The van der Waals surface area contributed by atoms with Crippen LogP contribution in [0, 0.1) is 0 Å². The lowest BCUT2D eigenvalue weighted by molar-refractivity contribution is 0.0692. The first-order chi connectivity index (χ1) is 12.2. The minimum absolute atomic E-state index is 0.179. The van der Waals surface area contributed by atoms with Gasteiger partial charge in [-0.2, -0.15) is 0 Å². The van der Waals surface area contributed by atoms with Crippen molar-refractivity contribution in [2.45, 2.75) is 12.8 Å². The number of para-hydroxylation sites is 3. The summed E-state index contributed by atoms with van der Waals surface area (Å²) in [5, 5.41) is 12.4. The molecular formula is C19H20N2O4. The molecule has 0 amide bonds. The second-order valence-electron chi connectivity index (χ2n) is 5.58. The number of ether oxygens (including phenoxy) is 1. The maximum absolute atomic E-state index is 11.1. The van der Waals surface area contributed by atoms with Gasteiger partial charge in [0, 0.05) is 13.0 Å². The molecule has 0 aliphatic carbocycles. The molecule has 0 saturated heterocycles. The molecule has 0 spiro atoms. The van der Waals surface area contributed by atoms with E-state index in [1.165, 1.54) is 6.07 Å². The average Bonchev–Trinajstić information content (AvgIpc) is 3.04. The molecule has 1 heterocycles. The number of oxazole rings is 1. The topological polar surface area (TPSA) is 84.6 Å². The molecule has 0 fully saturated rings. The monoisotopic (exact) mass is 340 g/mol. The Morgan fingerprint density at radius 1 is 1.12 bits per heavy atom. The predicted octanol–water partition coefficient (Wildman–Crippen LogP) is 3.13. The van der Waals surface area contributed by atoms with Gasteiger partial charge in [-0.15, -0.1) is 0 Å². The summed E-state index contributed by atoms with van der Waals surface area (Å²) in [7, 11) is 0. The maximum Gasteiger partial charge on any atom is 0.339 e. The molecule has 1 aromatic heterocycles. The van der Waals surface area contributed by atoms with Crippen LogP contribution in [0.15, 0.2) is 52.9 Å². The summed E-state index contributed by atoms with van der Waals surface area (Å²) < 4.78 is 11.2. The number of carboxylic acids is 1. The first kappa shape index (κ1) is 17.0. The molecule has 130 valence electrons. The van der Waals surface area contributed by atoms with Gasteiger partial charge >= 0.3 is 5.97 Å². The molecule has 6 heteroatoms. The Balaban J connectivity index is 1.35. The van der Waals surface area contributed by atoms with E-state index in [2.05, 4.69) is 10.3 Å². The zero-order chi connectivity index (χ0) is 17.5. The van der Waals surface area contributed by atoms with E-state index in [0.717, 1.165) is 36.4 Å². The van der Waals surface area contributed by atoms with Crippen molar-refractivity contribution in [1.29, 1.82) is 0 Å². The van der Waals surface area contributed by atoms with Crippen molar-refractivity contribution in [3.05, 3.63) is 60.0 Å². The average molecular weight is 340 g/mol. The summed E-state index contributed by atoms with van der Waals surface area (Å²) in [5.74, 6) is 0.153. The Kier molecular flexibility index (Phi) is 5.64. The van der Waals surface area contributed by atoms with Crippen LogP contribution >= 0.6 is 0 Å². The van der Waals surface area contributed by atoms with Gasteiger partial charge in [-0.25, -0.2) is 9.78 Å². The molecule has 0 unspecified atom stereocenters. The Labute approximate surface area is 145 Å². The molecule has 0 atom stereocenters. The van der Waals surface area contributed by atoms with Crippen LogP contribution < -0.4 is 10.1 Å². The fourth-order valence-corrected chi connectivity index (χ4v) is 2.52. The SMILES string of the molecule is O=C(O)c1ccccc1OCCNCCCc1nc2ccccc2o1. The number of nitrogens with one attached hydrogen (secondary N) is 1. The fourth-order valence-electron chi connectivity index (χ4n) is 2.52. The zero-order valence-electron chi connectivity index (χ0n) is 13.8. The zero-order valence-corrected chi connectivity index (χ0v) is 13.8. The molecule has 6 nitrogen and oxygen atoms in total. The van der Waals surface area contributed by atoms with E-state index in [0.29, 0.717) is 18.9 Å². The highest BCUT2D eigenvalue weighted by molar-refractivity contribution is 5.90. The maximum atomic E-state index is 11.1. The van der Waals surface area contributed by atoms with Gasteiger partial charge in [-0.1, -0.05) is 24.3 Å². The van der Waals surface area contributed by atoms with Gasteiger partial charge in [0.25, 0.3) is 0 Å². The number of carbonyl (C=O) groups is 1. The van der Waals surface area contributed by atoms with Crippen molar-refractivity contribution in [3.8, 4) is 5.75 Å². The van der Waals surface area contributed by atoms with Crippen LogP contribution in [0.25, 0.3) is 11.1 Å². The van der Waals surface area contributed by atoms with Crippen LogP contribution in [0.1, 0.15) is 22.7 Å². The Hall–Kier alpha value is -2.86. The summed E-state index contributed by atoms with van der Waals surface area (Å²) in [4.78, 5) is 15.5. The first-order valence-corrected chi connectivity index (χ1v) is 8.24. The summed E-state index contributed by atoms with van der Waals surface area (Å²) in [6, 6.07) is 14.4. The molecule has 0 bridgehead atoms. The number of aromatic nitrogens is 1. The van der Waals surface area contributed by atoms with Crippen LogP contribution in [0.3, 0.4) is 0 Å². The van der Waals surface area contributed by atoms with Crippen LogP contribution in [0.4, 0.5) is 0 Å². The number of rotatable bonds is 9. The number of aryl methyl sites for hydroxylation is 1. The largest absolute Gasteiger partial charge is 0.491 e. The minimum Gasteiger partial charge on any atom is -0.491 e. The molecule has 0 aliphatic rings. The van der Waals surface area contributed by atoms with Gasteiger partial charge in [-0.05, 0) is 37.2 Å². The third-order valence-electron chi connectivity index (χ3n) is 3.74. The molecule has 0 aliphatic heterocycles. The Morgan fingerprint density at radius 2 is 1.92 bits per heavy atom. The Morgan fingerprint density at radius 3 is 2.76 bits per heavy atom. The van der Waals surface area contributed by atoms with E-state index in [1.54, 1.807) is 18.2 Å². The molecule has 3 rings (SSSR count). The van der Waals surface area contributed by atoms with Crippen LogP contribution in [-0.4, -0.2) is 35.8 Å². The van der Waals surface area contributed by atoms with Crippen LogP contribution in [-0.2, 0) is 6.42 Å². The van der Waals surface area contributed by atoms with E-state index in [1.807, 2.05) is 24.3 Å². The second kappa shape index (κ2) is 8.30. The minimum atomic E-state index is -0.984.